The minimum absolute atomic E-state index is 0.0369. The maximum absolute atomic E-state index is 15.0. The lowest BCUT2D eigenvalue weighted by molar-refractivity contribution is 0.0535. The third-order valence-corrected chi connectivity index (χ3v) is 6.22. The molecule has 2 aromatic heterocycles. The summed E-state index contributed by atoms with van der Waals surface area (Å²) >= 11 is 0. The molecular formula is C25H23F2N5O2. The van der Waals surface area contributed by atoms with E-state index >= 15 is 0 Å². The van der Waals surface area contributed by atoms with Crippen molar-refractivity contribution >= 4 is 23.0 Å². The molecule has 0 unspecified atom stereocenters. The SMILES string of the molecule is C[C@@H]1CCCN(C(=O)c2c(F)cccc2-c2ncccn2)[C@@H]1CNc1nc2cc(F)ccc2o1. The van der Waals surface area contributed by atoms with Crippen LogP contribution >= 0.6 is 0 Å². The molecule has 7 nitrogen and oxygen atoms in total. The Morgan fingerprint density at radius 1 is 1.18 bits per heavy atom. The Morgan fingerprint density at radius 2 is 2.00 bits per heavy atom. The highest BCUT2D eigenvalue weighted by Gasteiger charge is 2.35. The van der Waals surface area contributed by atoms with Crippen molar-refractivity contribution in [3.63, 3.8) is 0 Å². The molecule has 0 saturated carbocycles. The van der Waals surface area contributed by atoms with Gasteiger partial charge in [0.2, 0.25) is 0 Å². The van der Waals surface area contributed by atoms with E-state index in [0.29, 0.717) is 35.6 Å². The van der Waals surface area contributed by atoms with Gasteiger partial charge in [-0.3, -0.25) is 4.79 Å². The fourth-order valence-electron chi connectivity index (χ4n) is 4.49. The summed E-state index contributed by atoms with van der Waals surface area (Å²) in [5, 5.41) is 3.14. The molecule has 2 aromatic carbocycles. The van der Waals surface area contributed by atoms with Crippen LogP contribution in [0.25, 0.3) is 22.5 Å². The van der Waals surface area contributed by atoms with E-state index in [4.69, 9.17) is 4.42 Å². The highest BCUT2D eigenvalue weighted by molar-refractivity contribution is 6.00. The van der Waals surface area contributed by atoms with E-state index in [0.717, 1.165) is 12.8 Å². The number of oxazole rings is 1. The number of anilines is 1. The number of aromatic nitrogens is 3. The van der Waals surface area contributed by atoms with E-state index in [2.05, 4.69) is 27.2 Å². The molecule has 0 radical (unpaired) electrons. The number of fused-ring (bicyclic) bond motifs is 1. The molecule has 1 fully saturated rings. The Balaban J connectivity index is 1.42. The Labute approximate surface area is 194 Å². The number of amides is 1. The lowest BCUT2D eigenvalue weighted by Gasteiger charge is -2.40. The van der Waals surface area contributed by atoms with Crippen molar-refractivity contribution in [1.82, 2.24) is 19.9 Å². The Kier molecular flexibility index (Phi) is 5.91. The van der Waals surface area contributed by atoms with Gasteiger partial charge >= 0.3 is 0 Å². The van der Waals surface area contributed by atoms with Crippen LogP contribution in [0.3, 0.4) is 0 Å². The molecule has 34 heavy (non-hydrogen) atoms. The zero-order valence-corrected chi connectivity index (χ0v) is 18.5. The third kappa shape index (κ3) is 4.21. The Bertz CT molecular complexity index is 1330. The molecule has 1 N–H and O–H groups in total. The molecule has 0 aliphatic carbocycles. The minimum Gasteiger partial charge on any atom is -0.424 e. The largest absolute Gasteiger partial charge is 0.424 e. The van der Waals surface area contributed by atoms with Gasteiger partial charge in [0.25, 0.3) is 11.9 Å². The molecule has 174 valence electrons. The number of benzene rings is 2. The highest BCUT2D eigenvalue weighted by Crippen LogP contribution is 2.30. The lowest BCUT2D eigenvalue weighted by Crippen LogP contribution is -2.51. The van der Waals surface area contributed by atoms with Gasteiger partial charge in [-0.15, -0.1) is 0 Å². The van der Waals surface area contributed by atoms with Crippen LogP contribution in [0.1, 0.15) is 30.1 Å². The van der Waals surface area contributed by atoms with Crippen LogP contribution in [0.5, 0.6) is 0 Å². The van der Waals surface area contributed by atoms with Gasteiger partial charge in [0.1, 0.15) is 17.2 Å². The van der Waals surface area contributed by atoms with Crippen LogP contribution in [-0.2, 0) is 0 Å². The molecule has 1 aliphatic heterocycles. The molecule has 5 rings (SSSR count). The average molecular weight is 463 g/mol. The van der Waals surface area contributed by atoms with E-state index < -0.39 is 17.5 Å². The topological polar surface area (TPSA) is 84.2 Å². The third-order valence-electron chi connectivity index (χ3n) is 6.22. The van der Waals surface area contributed by atoms with Crippen LogP contribution in [-0.4, -0.2) is 44.9 Å². The number of carbonyl (C=O) groups excluding carboxylic acids is 1. The van der Waals surface area contributed by atoms with Gasteiger partial charge in [-0.1, -0.05) is 19.1 Å². The van der Waals surface area contributed by atoms with Gasteiger partial charge < -0.3 is 14.6 Å². The number of nitrogens with zero attached hydrogens (tertiary/aromatic N) is 4. The van der Waals surface area contributed by atoms with Gasteiger partial charge in [0, 0.05) is 37.1 Å². The van der Waals surface area contributed by atoms with Crippen LogP contribution < -0.4 is 5.32 Å². The molecule has 0 bridgehead atoms. The zero-order chi connectivity index (χ0) is 23.7. The molecule has 4 aromatic rings. The van der Waals surface area contributed by atoms with Gasteiger partial charge in [-0.25, -0.2) is 18.7 Å². The Morgan fingerprint density at radius 3 is 2.82 bits per heavy atom. The molecule has 1 amide bonds. The first kappa shape index (κ1) is 21.9. The van der Waals surface area contributed by atoms with E-state index in [1.807, 2.05) is 0 Å². The molecule has 2 atom stereocenters. The van der Waals surface area contributed by atoms with E-state index in [-0.39, 0.29) is 23.5 Å². The number of halogens is 2. The predicted molar refractivity (Wildman–Crippen MR) is 123 cm³/mol. The standard InChI is InChI=1S/C25H23F2N5O2/c1-15-5-3-12-32(20(15)14-30-25-31-19-13-16(26)8-9-21(19)34-25)24(33)22-17(6-2-7-18(22)27)23-28-10-4-11-29-23/h2,4,6-11,13,15,20H,3,5,12,14H2,1H3,(H,30,31)/t15-,20-/m1/s1. The summed E-state index contributed by atoms with van der Waals surface area (Å²) in [5.74, 6) is -0.952. The van der Waals surface area contributed by atoms with Gasteiger partial charge in [0.05, 0.1) is 11.6 Å². The van der Waals surface area contributed by atoms with Crippen LogP contribution in [0.2, 0.25) is 0 Å². The number of hydrogen-bond acceptors (Lipinski definition) is 6. The minimum atomic E-state index is -0.610. The second-order valence-corrected chi connectivity index (χ2v) is 8.43. The number of rotatable bonds is 5. The maximum atomic E-state index is 15.0. The second-order valence-electron chi connectivity index (χ2n) is 8.43. The molecular weight excluding hydrogens is 440 g/mol. The van der Waals surface area contributed by atoms with Crippen molar-refractivity contribution in [1.29, 1.82) is 0 Å². The number of nitrogens with one attached hydrogen (secondary N) is 1. The zero-order valence-electron chi connectivity index (χ0n) is 18.5. The maximum Gasteiger partial charge on any atom is 0.295 e. The lowest BCUT2D eigenvalue weighted by atomic mass is 9.89. The summed E-state index contributed by atoms with van der Waals surface area (Å²) in [4.78, 5) is 28.1. The summed E-state index contributed by atoms with van der Waals surface area (Å²) in [6, 6.07) is 10.3. The fraction of sp³-hybridized carbons (Fsp3) is 0.280. The van der Waals surface area contributed by atoms with E-state index in [1.54, 1.807) is 35.5 Å². The number of carbonyl (C=O) groups is 1. The van der Waals surface area contributed by atoms with Gasteiger partial charge in [-0.2, -0.15) is 4.98 Å². The first-order chi connectivity index (χ1) is 16.5. The second kappa shape index (κ2) is 9.17. The average Bonchev–Trinajstić information content (AvgIpc) is 3.25. The highest BCUT2D eigenvalue weighted by atomic mass is 19.1. The van der Waals surface area contributed by atoms with Crippen molar-refractivity contribution < 1.29 is 18.0 Å². The van der Waals surface area contributed by atoms with Crippen molar-refractivity contribution in [2.45, 2.75) is 25.8 Å². The molecule has 0 spiro atoms. The van der Waals surface area contributed by atoms with E-state index in [1.165, 1.54) is 24.3 Å². The number of likely N-dealkylation sites (tertiary alicyclic amines) is 1. The normalized spacial score (nSPS) is 18.3. The van der Waals surface area contributed by atoms with Crippen molar-refractivity contribution in [3.8, 4) is 11.4 Å². The smallest absolute Gasteiger partial charge is 0.295 e. The monoisotopic (exact) mass is 463 g/mol. The van der Waals surface area contributed by atoms with Crippen molar-refractivity contribution in [3.05, 3.63) is 72.1 Å². The van der Waals surface area contributed by atoms with Crippen LogP contribution in [0.15, 0.2) is 59.3 Å². The number of hydrogen-bond donors (Lipinski definition) is 1. The predicted octanol–water partition coefficient (Wildman–Crippen LogP) is 4.92. The summed E-state index contributed by atoms with van der Waals surface area (Å²) < 4.78 is 34.1. The number of piperidine rings is 1. The molecule has 1 saturated heterocycles. The summed E-state index contributed by atoms with van der Waals surface area (Å²) in [6.45, 7) is 2.92. The van der Waals surface area contributed by atoms with Crippen LogP contribution in [0.4, 0.5) is 14.8 Å². The first-order valence-electron chi connectivity index (χ1n) is 11.2. The summed E-state index contributed by atoms with van der Waals surface area (Å²) in [6.07, 6.45) is 4.87. The van der Waals surface area contributed by atoms with Crippen LogP contribution in [0, 0.1) is 17.6 Å². The van der Waals surface area contributed by atoms with Crippen molar-refractivity contribution in [2.75, 3.05) is 18.4 Å². The summed E-state index contributed by atoms with van der Waals surface area (Å²) in [5.41, 5.74) is 1.19. The first-order valence-corrected chi connectivity index (χ1v) is 11.2. The van der Waals surface area contributed by atoms with E-state index in [9.17, 15) is 13.6 Å². The molecule has 9 heteroatoms. The summed E-state index contributed by atoms with van der Waals surface area (Å²) in [7, 11) is 0. The molecule has 1 aliphatic rings. The molecule has 3 heterocycles. The van der Waals surface area contributed by atoms with Crippen molar-refractivity contribution in [2.24, 2.45) is 5.92 Å². The fourth-order valence-corrected chi connectivity index (χ4v) is 4.49. The van der Waals surface area contributed by atoms with Gasteiger partial charge in [0.15, 0.2) is 11.4 Å². The Hall–Kier alpha value is -3.88. The quantitative estimate of drug-likeness (QED) is 0.453. The van der Waals surface area contributed by atoms with Gasteiger partial charge in [-0.05, 0) is 43.0 Å².